The van der Waals surface area contributed by atoms with Crippen molar-refractivity contribution in [3.05, 3.63) is 54.1 Å². The maximum absolute atomic E-state index is 12.1. The van der Waals surface area contributed by atoms with Crippen molar-refractivity contribution in [1.29, 1.82) is 0 Å². The van der Waals surface area contributed by atoms with E-state index in [4.69, 9.17) is 20.2 Å². The van der Waals surface area contributed by atoms with Crippen LogP contribution in [0.15, 0.2) is 53.5 Å². The first-order valence-corrected chi connectivity index (χ1v) is 9.28. The molecular formula is C22H27N3O3. The second-order valence-corrected chi connectivity index (χ2v) is 8.16. The fourth-order valence-electron chi connectivity index (χ4n) is 3.09. The van der Waals surface area contributed by atoms with Gasteiger partial charge in [0.15, 0.2) is 0 Å². The Morgan fingerprint density at radius 2 is 1.86 bits per heavy atom. The van der Waals surface area contributed by atoms with Gasteiger partial charge >= 0.3 is 6.09 Å². The van der Waals surface area contributed by atoms with Gasteiger partial charge < -0.3 is 15.2 Å². The average molecular weight is 381 g/mol. The number of carbonyl (C=O) groups is 1. The first-order chi connectivity index (χ1) is 13.1. The molecule has 1 unspecified atom stereocenters. The molecule has 1 aliphatic heterocycles. The molecule has 1 aliphatic rings. The number of nitrogen functional groups attached to an aromatic ring is 1. The monoisotopic (exact) mass is 381 g/mol. The number of nitrogens with zero attached hydrogens (tertiary/aromatic N) is 1. The third-order valence-electron chi connectivity index (χ3n) is 4.35. The molecule has 0 radical (unpaired) electrons. The number of hydrogen-bond acceptors (Lipinski definition) is 5. The quantitative estimate of drug-likeness (QED) is 0.767. The van der Waals surface area contributed by atoms with Gasteiger partial charge in [0.05, 0.1) is 6.61 Å². The van der Waals surface area contributed by atoms with E-state index in [1.807, 2.05) is 70.2 Å². The van der Waals surface area contributed by atoms with E-state index in [9.17, 15) is 4.79 Å². The molecule has 1 amide bonds. The summed E-state index contributed by atoms with van der Waals surface area (Å²) >= 11 is 0. The third kappa shape index (κ3) is 4.89. The summed E-state index contributed by atoms with van der Waals surface area (Å²) in [4.78, 5) is 16.8. The van der Waals surface area contributed by atoms with Crippen LogP contribution in [0.5, 0.6) is 0 Å². The summed E-state index contributed by atoms with van der Waals surface area (Å²) in [6.45, 7) is 8.10. The van der Waals surface area contributed by atoms with Gasteiger partial charge in [-0.2, -0.15) is 0 Å². The first kappa shape index (κ1) is 19.9. The van der Waals surface area contributed by atoms with E-state index < -0.39 is 17.2 Å². The van der Waals surface area contributed by atoms with Gasteiger partial charge in [-0.25, -0.2) is 4.79 Å². The van der Waals surface area contributed by atoms with Gasteiger partial charge in [-0.1, -0.05) is 30.3 Å². The normalized spacial score (nSPS) is 19.6. The predicted octanol–water partition coefficient (Wildman–Crippen LogP) is 4.10. The van der Waals surface area contributed by atoms with E-state index in [2.05, 4.69) is 11.4 Å². The molecule has 0 saturated heterocycles. The molecule has 0 bridgehead atoms. The molecule has 1 heterocycles. The highest BCUT2D eigenvalue weighted by atomic mass is 16.6. The summed E-state index contributed by atoms with van der Waals surface area (Å²) in [5.41, 5.74) is 8.54. The standard InChI is InChI=1S/C22H27N3O3/c1-21(2,3)28-20(26)24-19-13-27-14-22(4,25-19)17-9-5-7-15(11-17)16-8-6-10-18(23)12-16/h5-12H,13-14,23H2,1-4H3,(H,24,25,26). The Hall–Kier alpha value is -2.86. The maximum Gasteiger partial charge on any atom is 0.413 e. The number of nitrogens with one attached hydrogen (secondary N) is 1. The number of benzene rings is 2. The highest BCUT2D eigenvalue weighted by Crippen LogP contribution is 2.32. The number of rotatable bonds is 2. The van der Waals surface area contributed by atoms with Crippen LogP contribution in [-0.2, 0) is 15.0 Å². The van der Waals surface area contributed by atoms with E-state index in [-0.39, 0.29) is 6.61 Å². The summed E-state index contributed by atoms with van der Waals surface area (Å²) < 4.78 is 11.0. The third-order valence-corrected chi connectivity index (χ3v) is 4.35. The van der Waals surface area contributed by atoms with Crippen molar-refractivity contribution in [2.75, 3.05) is 18.9 Å². The minimum Gasteiger partial charge on any atom is -0.444 e. The average Bonchev–Trinajstić information content (AvgIpc) is 2.60. The highest BCUT2D eigenvalue weighted by molar-refractivity contribution is 5.96. The fourth-order valence-corrected chi connectivity index (χ4v) is 3.09. The minimum atomic E-state index is -0.612. The smallest absolute Gasteiger partial charge is 0.413 e. The van der Waals surface area contributed by atoms with E-state index in [0.29, 0.717) is 12.4 Å². The first-order valence-electron chi connectivity index (χ1n) is 9.28. The number of carbonyl (C=O) groups excluding carboxylic acids is 1. The molecule has 28 heavy (non-hydrogen) atoms. The second kappa shape index (κ2) is 7.64. The molecule has 0 fully saturated rings. The molecule has 6 nitrogen and oxygen atoms in total. The number of aliphatic imine (C=N–C) groups is 1. The lowest BCUT2D eigenvalue weighted by Crippen LogP contribution is -2.44. The molecule has 0 aromatic heterocycles. The highest BCUT2D eigenvalue weighted by Gasteiger charge is 2.31. The van der Waals surface area contributed by atoms with Gasteiger partial charge in [-0.15, -0.1) is 0 Å². The van der Waals surface area contributed by atoms with Crippen molar-refractivity contribution in [3.8, 4) is 11.1 Å². The summed E-state index contributed by atoms with van der Waals surface area (Å²) in [6, 6.07) is 15.9. The summed E-state index contributed by atoms with van der Waals surface area (Å²) in [5, 5.41) is 2.70. The van der Waals surface area contributed by atoms with E-state index in [0.717, 1.165) is 22.4 Å². The molecule has 0 spiro atoms. The summed E-state index contributed by atoms with van der Waals surface area (Å²) in [6.07, 6.45) is -0.535. The Balaban J connectivity index is 1.85. The maximum atomic E-state index is 12.1. The molecule has 6 heteroatoms. The summed E-state index contributed by atoms with van der Waals surface area (Å²) in [7, 11) is 0. The number of amides is 1. The Labute approximate surface area is 165 Å². The zero-order valence-corrected chi connectivity index (χ0v) is 16.8. The van der Waals surface area contributed by atoms with Crippen LogP contribution in [0.25, 0.3) is 11.1 Å². The number of ether oxygens (including phenoxy) is 2. The zero-order valence-electron chi connectivity index (χ0n) is 16.8. The number of nitrogens with two attached hydrogens (primary N) is 1. The van der Waals surface area contributed by atoms with Crippen LogP contribution in [0.1, 0.15) is 33.3 Å². The van der Waals surface area contributed by atoms with Gasteiger partial charge in [-0.3, -0.25) is 10.3 Å². The molecule has 148 valence electrons. The molecule has 2 aromatic carbocycles. The Morgan fingerprint density at radius 1 is 1.18 bits per heavy atom. The van der Waals surface area contributed by atoms with Gasteiger partial charge in [-0.05, 0) is 62.6 Å². The van der Waals surface area contributed by atoms with Crippen LogP contribution in [-0.4, -0.2) is 30.7 Å². The van der Waals surface area contributed by atoms with Gasteiger partial charge in [0, 0.05) is 5.69 Å². The Morgan fingerprint density at radius 3 is 2.54 bits per heavy atom. The van der Waals surface area contributed by atoms with Crippen LogP contribution in [0.2, 0.25) is 0 Å². The Bertz CT molecular complexity index is 902. The lowest BCUT2D eigenvalue weighted by Gasteiger charge is -2.31. The van der Waals surface area contributed by atoms with Crippen molar-refractivity contribution >= 4 is 17.6 Å². The number of anilines is 1. The predicted molar refractivity (Wildman–Crippen MR) is 111 cm³/mol. The SMILES string of the molecule is CC(C)(C)OC(=O)NC1=NC(C)(c2cccc(-c3cccc(N)c3)c2)COC1. The van der Waals surface area contributed by atoms with Crippen LogP contribution < -0.4 is 11.1 Å². The lowest BCUT2D eigenvalue weighted by atomic mass is 9.90. The van der Waals surface area contributed by atoms with Crippen LogP contribution in [0, 0.1) is 0 Å². The van der Waals surface area contributed by atoms with E-state index in [1.54, 1.807) is 0 Å². The largest absolute Gasteiger partial charge is 0.444 e. The molecule has 0 saturated carbocycles. The molecule has 1 atom stereocenters. The van der Waals surface area contributed by atoms with Crippen LogP contribution >= 0.6 is 0 Å². The van der Waals surface area contributed by atoms with Crippen molar-refractivity contribution in [2.24, 2.45) is 4.99 Å². The number of hydrogen-bond donors (Lipinski definition) is 2. The van der Waals surface area contributed by atoms with E-state index in [1.165, 1.54) is 0 Å². The molecule has 3 rings (SSSR count). The minimum absolute atomic E-state index is 0.240. The van der Waals surface area contributed by atoms with Crippen LogP contribution in [0.4, 0.5) is 10.5 Å². The van der Waals surface area contributed by atoms with Crippen molar-refractivity contribution in [2.45, 2.75) is 38.8 Å². The molecule has 0 aliphatic carbocycles. The van der Waals surface area contributed by atoms with Crippen molar-refractivity contribution in [3.63, 3.8) is 0 Å². The molecule has 2 aromatic rings. The van der Waals surface area contributed by atoms with E-state index >= 15 is 0 Å². The lowest BCUT2D eigenvalue weighted by molar-refractivity contribution is 0.0543. The fraction of sp³-hybridized carbons (Fsp3) is 0.364. The van der Waals surface area contributed by atoms with Crippen molar-refractivity contribution < 1.29 is 14.3 Å². The number of amidine groups is 1. The molecule has 3 N–H and O–H groups in total. The van der Waals surface area contributed by atoms with Crippen LogP contribution in [0.3, 0.4) is 0 Å². The molecular weight excluding hydrogens is 354 g/mol. The summed E-state index contributed by atoms with van der Waals surface area (Å²) in [5.74, 6) is 0.456. The second-order valence-electron chi connectivity index (χ2n) is 8.16. The van der Waals surface area contributed by atoms with Gasteiger partial charge in [0.1, 0.15) is 23.6 Å². The zero-order chi connectivity index (χ0) is 20.4. The number of alkyl carbamates (subject to hydrolysis) is 1. The van der Waals surface area contributed by atoms with Crippen molar-refractivity contribution in [1.82, 2.24) is 5.32 Å². The van der Waals surface area contributed by atoms with Gasteiger partial charge in [0.25, 0.3) is 0 Å². The topological polar surface area (TPSA) is 85.9 Å². The van der Waals surface area contributed by atoms with Gasteiger partial charge in [0.2, 0.25) is 0 Å². The Kier molecular flexibility index (Phi) is 5.42.